The summed E-state index contributed by atoms with van der Waals surface area (Å²) in [6, 6.07) is 16.1. The number of benzene rings is 2. The number of fused-ring (bicyclic) bond motifs is 1. The summed E-state index contributed by atoms with van der Waals surface area (Å²) in [6.07, 6.45) is 0. The van der Waals surface area contributed by atoms with Gasteiger partial charge in [-0.2, -0.15) is 5.10 Å². The van der Waals surface area contributed by atoms with Crippen LogP contribution < -0.4 is 5.32 Å². The van der Waals surface area contributed by atoms with Crippen LogP contribution in [0.15, 0.2) is 65.9 Å². The van der Waals surface area contributed by atoms with Crippen molar-refractivity contribution in [3.05, 3.63) is 87.1 Å². The average molecular weight is 418 g/mol. The molecule has 0 saturated carbocycles. The number of ether oxygens (including phenoxy) is 1. The van der Waals surface area contributed by atoms with Gasteiger partial charge in [-0.3, -0.25) is 14.8 Å². The molecule has 0 aliphatic carbocycles. The summed E-state index contributed by atoms with van der Waals surface area (Å²) in [4.78, 5) is 24.5. The summed E-state index contributed by atoms with van der Waals surface area (Å²) in [5, 5.41) is 19.8. The molecule has 3 aromatic rings. The van der Waals surface area contributed by atoms with Crippen molar-refractivity contribution >= 4 is 17.5 Å². The molecule has 1 aliphatic heterocycles. The monoisotopic (exact) mass is 418 g/mol. The van der Waals surface area contributed by atoms with Gasteiger partial charge in [0.1, 0.15) is 5.82 Å². The van der Waals surface area contributed by atoms with Crippen LogP contribution in [-0.2, 0) is 16.6 Å². The second-order valence-electron chi connectivity index (χ2n) is 7.23. The maximum absolute atomic E-state index is 13.0. The number of nitrogens with one attached hydrogen (secondary N) is 1. The van der Waals surface area contributed by atoms with Gasteiger partial charge in [0.2, 0.25) is 0 Å². The van der Waals surface area contributed by atoms with E-state index < -0.39 is 16.8 Å². The Kier molecular flexibility index (Phi) is 5.29. The largest absolute Gasteiger partial charge is 0.463 e. The van der Waals surface area contributed by atoms with Crippen LogP contribution in [0.2, 0.25) is 0 Å². The highest BCUT2D eigenvalue weighted by molar-refractivity contribution is 5.96. The zero-order valence-electron chi connectivity index (χ0n) is 17.5. The van der Waals surface area contributed by atoms with Crippen LogP contribution in [-0.4, -0.2) is 27.3 Å². The van der Waals surface area contributed by atoms with Crippen molar-refractivity contribution < 1.29 is 14.5 Å². The van der Waals surface area contributed by atoms with E-state index in [1.807, 2.05) is 30.3 Å². The molecule has 1 aromatic heterocycles. The molecule has 4 rings (SSSR count). The number of aromatic nitrogens is 2. The number of para-hydroxylation sites is 1. The van der Waals surface area contributed by atoms with Crippen LogP contribution in [0.1, 0.15) is 30.9 Å². The van der Waals surface area contributed by atoms with E-state index >= 15 is 0 Å². The van der Waals surface area contributed by atoms with Crippen LogP contribution >= 0.6 is 0 Å². The predicted octanol–water partition coefficient (Wildman–Crippen LogP) is 4.39. The number of nitrogens with zero attached hydrogens (tertiary/aromatic N) is 3. The fourth-order valence-electron chi connectivity index (χ4n) is 4.07. The number of carbonyl (C=O) groups is 1. The zero-order chi connectivity index (χ0) is 22.1. The normalized spacial score (nSPS) is 15.3. The lowest BCUT2D eigenvalue weighted by Gasteiger charge is -2.28. The zero-order valence-corrected chi connectivity index (χ0v) is 17.5. The average Bonchev–Trinajstić information content (AvgIpc) is 3.09. The first-order valence-corrected chi connectivity index (χ1v) is 9.94. The number of allylic oxidation sites excluding steroid dienone is 1. The van der Waals surface area contributed by atoms with Crippen LogP contribution in [0.4, 0.5) is 11.5 Å². The summed E-state index contributed by atoms with van der Waals surface area (Å²) >= 11 is 0. The topological polar surface area (TPSA) is 99.3 Å². The van der Waals surface area contributed by atoms with Crippen LogP contribution in [0.25, 0.3) is 11.3 Å². The number of rotatable bonds is 5. The Balaban J connectivity index is 2.04. The van der Waals surface area contributed by atoms with E-state index in [2.05, 4.69) is 5.32 Å². The summed E-state index contributed by atoms with van der Waals surface area (Å²) in [7, 11) is 1.80. The van der Waals surface area contributed by atoms with E-state index in [0.717, 1.165) is 5.56 Å². The Hall–Kier alpha value is -3.94. The van der Waals surface area contributed by atoms with Gasteiger partial charge in [0.05, 0.1) is 28.7 Å². The molecule has 0 spiro atoms. The number of anilines is 1. The molecular formula is C23H22N4O4. The number of nitro benzene ring substituents is 1. The molecule has 0 bridgehead atoms. The van der Waals surface area contributed by atoms with E-state index in [0.29, 0.717) is 33.9 Å². The summed E-state index contributed by atoms with van der Waals surface area (Å²) in [6.45, 7) is 3.70. The Bertz CT molecular complexity index is 1200. The molecule has 0 amide bonds. The minimum absolute atomic E-state index is 0.0576. The van der Waals surface area contributed by atoms with Gasteiger partial charge >= 0.3 is 5.97 Å². The highest BCUT2D eigenvalue weighted by Crippen LogP contribution is 2.48. The highest BCUT2D eigenvalue weighted by atomic mass is 16.6. The van der Waals surface area contributed by atoms with Gasteiger partial charge in [-0.15, -0.1) is 0 Å². The van der Waals surface area contributed by atoms with Crippen LogP contribution in [0.5, 0.6) is 0 Å². The minimum Gasteiger partial charge on any atom is -0.463 e. The Morgan fingerprint density at radius 1 is 1.19 bits per heavy atom. The first kappa shape index (κ1) is 20.3. The minimum atomic E-state index is -0.708. The first-order chi connectivity index (χ1) is 14.9. The van der Waals surface area contributed by atoms with Crippen molar-refractivity contribution in [2.75, 3.05) is 11.9 Å². The number of hydrogen-bond acceptors (Lipinski definition) is 6. The summed E-state index contributed by atoms with van der Waals surface area (Å²) in [5.74, 6) is -0.530. The van der Waals surface area contributed by atoms with E-state index in [4.69, 9.17) is 9.84 Å². The number of hydrogen-bond donors (Lipinski definition) is 1. The Morgan fingerprint density at radius 3 is 2.55 bits per heavy atom. The van der Waals surface area contributed by atoms with Gasteiger partial charge < -0.3 is 10.1 Å². The molecule has 158 valence electrons. The molecular weight excluding hydrogens is 396 g/mol. The number of nitro groups is 1. The standard InChI is InChI=1S/C23H22N4O4/c1-4-31-23(28)18-14(2)24-22-20(19(18)16-12-8-9-13-17(16)27(29)30)21(25-26(22)3)15-10-6-5-7-11-15/h5-13,19,24H,4H2,1-3H3. The number of carbonyl (C=O) groups excluding carboxylic acids is 1. The van der Waals surface area contributed by atoms with Crippen LogP contribution in [0.3, 0.4) is 0 Å². The van der Waals surface area contributed by atoms with Gasteiger partial charge in [-0.25, -0.2) is 4.79 Å². The smallest absolute Gasteiger partial charge is 0.336 e. The van der Waals surface area contributed by atoms with Crippen LogP contribution in [0, 0.1) is 10.1 Å². The van der Waals surface area contributed by atoms with E-state index in [1.165, 1.54) is 6.07 Å². The van der Waals surface area contributed by atoms with E-state index in [1.54, 1.807) is 43.8 Å². The second-order valence-corrected chi connectivity index (χ2v) is 7.23. The number of aryl methyl sites for hydroxylation is 1. The SMILES string of the molecule is CCOC(=O)C1=C(C)Nc2c(c(-c3ccccc3)nn2C)C1c1ccccc1[N+](=O)[O-]. The van der Waals surface area contributed by atoms with Crippen molar-refractivity contribution in [1.29, 1.82) is 0 Å². The molecule has 0 radical (unpaired) electrons. The molecule has 0 fully saturated rings. The lowest BCUT2D eigenvalue weighted by atomic mass is 9.80. The number of esters is 1. The lowest BCUT2D eigenvalue weighted by Crippen LogP contribution is -2.25. The molecule has 8 nitrogen and oxygen atoms in total. The molecule has 8 heteroatoms. The predicted molar refractivity (Wildman–Crippen MR) is 117 cm³/mol. The molecule has 1 N–H and O–H groups in total. The molecule has 1 unspecified atom stereocenters. The summed E-state index contributed by atoms with van der Waals surface area (Å²) in [5.41, 5.74) is 3.50. The van der Waals surface area contributed by atoms with Crippen molar-refractivity contribution in [3.63, 3.8) is 0 Å². The van der Waals surface area contributed by atoms with Crippen molar-refractivity contribution in [3.8, 4) is 11.3 Å². The van der Waals surface area contributed by atoms with Gasteiger partial charge in [0.25, 0.3) is 5.69 Å². The third kappa shape index (κ3) is 3.46. The fourth-order valence-corrected chi connectivity index (χ4v) is 4.07. The molecule has 0 saturated heterocycles. The Labute approximate surface area is 179 Å². The third-order valence-corrected chi connectivity index (χ3v) is 5.36. The quantitative estimate of drug-likeness (QED) is 0.375. The van der Waals surface area contributed by atoms with Crippen molar-refractivity contribution in [2.24, 2.45) is 7.05 Å². The van der Waals surface area contributed by atoms with Crippen molar-refractivity contribution in [2.45, 2.75) is 19.8 Å². The van der Waals surface area contributed by atoms with Gasteiger partial charge in [0, 0.05) is 35.5 Å². The van der Waals surface area contributed by atoms with Gasteiger partial charge in [-0.1, -0.05) is 48.5 Å². The highest BCUT2D eigenvalue weighted by Gasteiger charge is 2.40. The molecule has 2 aromatic carbocycles. The first-order valence-electron chi connectivity index (χ1n) is 9.94. The van der Waals surface area contributed by atoms with E-state index in [-0.39, 0.29) is 12.3 Å². The molecule has 1 aliphatic rings. The second kappa shape index (κ2) is 8.06. The Morgan fingerprint density at radius 2 is 1.87 bits per heavy atom. The van der Waals surface area contributed by atoms with Crippen molar-refractivity contribution in [1.82, 2.24) is 9.78 Å². The molecule has 2 heterocycles. The molecule has 31 heavy (non-hydrogen) atoms. The van der Waals surface area contributed by atoms with Gasteiger partial charge in [0.15, 0.2) is 0 Å². The maximum Gasteiger partial charge on any atom is 0.336 e. The lowest BCUT2D eigenvalue weighted by molar-refractivity contribution is -0.385. The maximum atomic E-state index is 13.0. The van der Waals surface area contributed by atoms with Gasteiger partial charge in [-0.05, 0) is 13.8 Å². The molecule has 1 atom stereocenters. The van der Waals surface area contributed by atoms with E-state index in [9.17, 15) is 14.9 Å². The third-order valence-electron chi connectivity index (χ3n) is 5.36. The fraction of sp³-hybridized carbons (Fsp3) is 0.217. The summed E-state index contributed by atoms with van der Waals surface area (Å²) < 4.78 is 7.04.